The van der Waals surface area contributed by atoms with E-state index in [1.807, 2.05) is 12.1 Å². The van der Waals surface area contributed by atoms with Crippen molar-refractivity contribution in [1.82, 2.24) is 0 Å². The molecule has 2 aliphatic rings. The molecule has 34 heavy (non-hydrogen) atoms. The van der Waals surface area contributed by atoms with Gasteiger partial charge in [0, 0.05) is 34.4 Å². The van der Waals surface area contributed by atoms with E-state index in [9.17, 15) is 0 Å². The Hall–Kier alpha value is -2.19. The lowest BCUT2D eigenvalue weighted by atomic mass is 9.91. The molecule has 0 amide bonds. The van der Waals surface area contributed by atoms with Crippen molar-refractivity contribution < 1.29 is 18.3 Å². The van der Waals surface area contributed by atoms with Gasteiger partial charge in [-0.25, -0.2) is 0 Å². The van der Waals surface area contributed by atoms with Crippen molar-refractivity contribution in [1.29, 1.82) is 0 Å². The Morgan fingerprint density at radius 3 is 1.29 bits per heavy atom. The summed E-state index contributed by atoms with van der Waals surface area (Å²) in [7, 11) is -3.82. The van der Waals surface area contributed by atoms with E-state index in [0.717, 1.165) is 34.1 Å². The Bertz CT molecular complexity index is 1040. The van der Waals surface area contributed by atoms with Crippen LogP contribution in [-0.2, 0) is 0 Å². The molecule has 2 aliphatic heterocycles. The second-order valence-corrected chi connectivity index (χ2v) is 22.0. The molecule has 0 aliphatic carbocycles. The number of benzene rings is 2. The highest BCUT2D eigenvalue weighted by atomic mass is 28.4. The van der Waals surface area contributed by atoms with Crippen molar-refractivity contribution in [3.63, 3.8) is 0 Å². The molecule has 4 rings (SSSR count). The van der Waals surface area contributed by atoms with Crippen LogP contribution in [0.4, 0.5) is 0 Å². The van der Waals surface area contributed by atoms with Crippen molar-refractivity contribution in [2.45, 2.75) is 77.8 Å². The summed E-state index contributed by atoms with van der Waals surface area (Å²) in [6, 6.07) is 12.5. The van der Waals surface area contributed by atoms with Crippen LogP contribution in [0.1, 0.15) is 52.7 Å². The number of ether oxygens (including phenoxy) is 2. The van der Waals surface area contributed by atoms with Gasteiger partial charge in [0.1, 0.15) is 36.2 Å². The molecule has 0 spiro atoms. The van der Waals surface area contributed by atoms with E-state index in [2.05, 4.69) is 92.0 Å². The fraction of sp³-hybridized carbons (Fsp3) is 0.500. The summed E-state index contributed by atoms with van der Waals surface area (Å²) < 4.78 is 25.5. The predicted molar refractivity (Wildman–Crippen MR) is 146 cm³/mol. The van der Waals surface area contributed by atoms with Gasteiger partial charge in [-0.2, -0.15) is 0 Å². The fourth-order valence-electron chi connectivity index (χ4n) is 3.72. The van der Waals surface area contributed by atoms with Gasteiger partial charge in [0.05, 0.1) is 0 Å². The van der Waals surface area contributed by atoms with Crippen LogP contribution in [0.25, 0.3) is 11.1 Å². The Morgan fingerprint density at radius 2 is 0.971 bits per heavy atom. The topological polar surface area (TPSA) is 36.9 Å². The molecule has 0 bridgehead atoms. The van der Waals surface area contributed by atoms with Gasteiger partial charge in [-0.3, -0.25) is 0 Å². The fourth-order valence-corrected chi connectivity index (χ4v) is 5.76. The van der Waals surface area contributed by atoms with E-state index < -0.39 is 16.6 Å². The third-order valence-corrected chi connectivity index (χ3v) is 16.7. The molecule has 0 atom stereocenters. The van der Waals surface area contributed by atoms with E-state index in [-0.39, 0.29) is 10.1 Å². The average Bonchev–Trinajstić information content (AvgIpc) is 2.70. The first kappa shape index (κ1) is 24.9. The molecule has 2 aromatic rings. The molecule has 0 fully saturated rings. The monoisotopic (exact) mass is 496 g/mol. The second kappa shape index (κ2) is 8.19. The summed E-state index contributed by atoms with van der Waals surface area (Å²) in [4.78, 5) is 0. The van der Waals surface area contributed by atoms with Crippen molar-refractivity contribution in [2.75, 3.05) is 13.2 Å². The maximum absolute atomic E-state index is 6.50. The minimum atomic E-state index is -1.91. The van der Waals surface area contributed by atoms with Crippen molar-refractivity contribution in [3.05, 3.63) is 47.5 Å². The lowest BCUT2D eigenvalue weighted by molar-refractivity contribution is 0.335. The van der Waals surface area contributed by atoms with E-state index in [1.165, 1.54) is 11.1 Å². The van der Waals surface area contributed by atoms with Crippen molar-refractivity contribution in [2.24, 2.45) is 0 Å². The summed E-state index contributed by atoms with van der Waals surface area (Å²) in [6.07, 6.45) is 0. The van der Waals surface area contributed by atoms with Crippen LogP contribution < -0.4 is 18.3 Å². The van der Waals surface area contributed by atoms with Crippen molar-refractivity contribution in [3.8, 4) is 23.0 Å². The highest BCUT2D eigenvalue weighted by Crippen LogP contribution is 2.46. The second-order valence-electron chi connectivity index (χ2n) is 12.6. The maximum Gasteiger partial charge on any atom is 0.250 e. The normalized spacial score (nSPS) is 16.1. The molecule has 0 radical (unpaired) electrons. The molecule has 4 nitrogen and oxygen atoms in total. The standard InChI is InChI=1S/C28H40O4Si2/c1-27(2,3)33(7,8)31-19-11-13-21-23-18-30-26-16-20(32-34(9,10)28(4,5)6)12-14-22(26)24(23)17-29-25(21)15-19/h11-16H,17-18H2,1-10H3. The minimum absolute atomic E-state index is 0.146. The molecular formula is C28H40O4Si2. The molecule has 184 valence electrons. The summed E-state index contributed by atoms with van der Waals surface area (Å²) in [5.41, 5.74) is 4.59. The first-order valence-electron chi connectivity index (χ1n) is 12.2. The van der Waals surface area contributed by atoms with Gasteiger partial charge >= 0.3 is 0 Å². The summed E-state index contributed by atoms with van der Waals surface area (Å²) >= 11 is 0. The Labute approximate surface area is 207 Å². The number of fused-ring (bicyclic) bond motifs is 4. The van der Waals surface area contributed by atoms with Crippen LogP contribution >= 0.6 is 0 Å². The summed E-state index contributed by atoms with van der Waals surface area (Å²) in [5, 5.41) is 0.293. The van der Waals surface area contributed by atoms with E-state index >= 15 is 0 Å². The number of rotatable bonds is 4. The first-order valence-corrected chi connectivity index (χ1v) is 18.1. The van der Waals surface area contributed by atoms with Crippen LogP contribution in [0.15, 0.2) is 36.4 Å². The van der Waals surface area contributed by atoms with Gasteiger partial charge in [-0.05, 0) is 60.5 Å². The highest BCUT2D eigenvalue weighted by molar-refractivity contribution is 6.75. The molecule has 0 saturated carbocycles. The quantitative estimate of drug-likeness (QED) is 0.400. The molecule has 0 unspecified atom stereocenters. The van der Waals surface area contributed by atoms with Gasteiger partial charge in [-0.1, -0.05) is 41.5 Å². The van der Waals surface area contributed by atoms with Gasteiger partial charge < -0.3 is 18.3 Å². The Morgan fingerprint density at radius 1 is 0.618 bits per heavy atom. The van der Waals surface area contributed by atoms with Gasteiger partial charge in [0.25, 0.3) is 0 Å². The summed E-state index contributed by atoms with van der Waals surface area (Å²) in [6.45, 7) is 23.7. The van der Waals surface area contributed by atoms with Crippen LogP contribution in [-0.4, -0.2) is 29.8 Å². The SMILES string of the molecule is CC(C)(C)[Si](C)(C)Oc1ccc2c(c1)OCC1=C2COc2cc(O[Si](C)(C)C(C)(C)C)ccc21. The average molecular weight is 497 g/mol. The first-order chi connectivity index (χ1) is 15.6. The third-order valence-electron chi connectivity index (χ3n) is 8.02. The number of hydrogen-bond acceptors (Lipinski definition) is 4. The zero-order valence-corrected chi connectivity index (χ0v) is 24.5. The minimum Gasteiger partial charge on any atom is -0.543 e. The Kier molecular flexibility index (Phi) is 6.01. The molecule has 2 aromatic carbocycles. The number of hydrogen-bond donors (Lipinski definition) is 0. The van der Waals surface area contributed by atoms with E-state index in [4.69, 9.17) is 18.3 Å². The predicted octanol–water partition coefficient (Wildman–Crippen LogP) is 8.15. The van der Waals surface area contributed by atoms with E-state index in [1.54, 1.807) is 0 Å². The van der Waals surface area contributed by atoms with Crippen LogP contribution in [0.2, 0.25) is 36.3 Å². The van der Waals surface area contributed by atoms with Gasteiger partial charge in [-0.15, -0.1) is 0 Å². The molecule has 2 heterocycles. The lowest BCUT2D eigenvalue weighted by Crippen LogP contribution is -2.43. The van der Waals surface area contributed by atoms with Crippen molar-refractivity contribution >= 4 is 27.8 Å². The summed E-state index contributed by atoms with van der Waals surface area (Å²) in [5.74, 6) is 3.53. The van der Waals surface area contributed by atoms with Crippen LogP contribution in [0.3, 0.4) is 0 Å². The molecular weight excluding hydrogens is 456 g/mol. The van der Waals surface area contributed by atoms with Gasteiger partial charge in [0.2, 0.25) is 16.6 Å². The highest BCUT2D eigenvalue weighted by Gasteiger charge is 2.40. The zero-order valence-electron chi connectivity index (χ0n) is 22.5. The zero-order chi connectivity index (χ0) is 25.1. The van der Waals surface area contributed by atoms with Crippen LogP contribution in [0.5, 0.6) is 23.0 Å². The third kappa shape index (κ3) is 4.54. The molecule has 0 N–H and O–H groups in total. The Balaban J connectivity index is 1.62. The molecule has 0 aromatic heterocycles. The van der Waals surface area contributed by atoms with E-state index in [0.29, 0.717) is 13.2 Å². The molecule has 0 saturated heterocycles. The largest absolute Gasteiger partial charge is 0.543 e. The lowest BCUT2D eigenvalue weighted by Gasteiger charge is -2.37. The smallest absolute Gasteiger partial charge is 0.250 e. The van der Waals surface area contributed by atoms with Crippen LogP contribution in [0, 0.1) is 0 Å². The van der Waals surface area contributed by atoms with Gasteiger partial charge in [0.15, 0.2) is 0 Å². The maximum atomic E-state index is 6.50. The molecule has 6 heteroatoms.